The minimum Gasteiger partial charge on any atom is -0.345 e. The van der Waals surface area contributed by atoms with Crippen LogP contribution in [-0.4, -0.2) is 20.7 Å². The standard InChI is InChI=1S/C24H21FN4O/c1-16-10-11-22(17(2)13-16)29-23(24(30)27-15-18-7-5-6-12-26-18)14-21(28-29)19-8-3-4-9-20(19)25/h3-14H,15H2,1-2H3,(H,27,30). The lowest BCUT2D eigenvalue weighted by Crippen LogP contribution is -2.26. The zero-order valence-corrected chi connectivity index (χ0v) is 16.8. The van der Waals surface area contributed by atoms with E-state index < -0.39 is 0 Å². The largest absolute Gasteiger partial charge is 0.345 e. The molecule has 6 heteroatoms. The van der Waals surface area contributed by atoms with Crippen LogP contribution in [-0.2, 0) is 6.54 Å². The molecule has 0 saturated heterocycles. The highest BCUT2D eigenvalue weighted by Gasteiger charge is 2.20. The number of benzene rings is 2. The van der Waals surface area contributed by atoms with Gasteiger partial charge in [-0.05, 0) is 55.8 Å². The number of nitrogens with one attached hydrogen (secondary N) is 1. The summed E-state index contributed by atoms with van der Waals surface area (Å²) in [5, 5.41) is 7.46. The van der Waals surface area contributed by atoms with Crippen LogP contribution in [0.3, 0.4) is 0 Å². The van der Waals surface area contributed by atoms with Crippen LogP contribution in [0.1, 0.15) is 27.3 Å². The van der Waals surface area contributed by atoms with Crippen LogP contribution in [0.4, 0.5) is 4.39 Å². The van der Waals surface area contributed by atoms with Gasteiger partial charge < -0.3 is 5.32 Å². The van der Waals surface area contributed by atoms with Gasteiger partial charge in [-0.3, -0.25) is 9.78 Å². The maximum absolute atomic E-state index is 14.4. The fraction of sp³-hybridized carbons (Fsp3) is 0.125. The van der Waals surface area contributed by atoms with Crippen molar-refractivity contribution in [3.8, 4) is 16.9 Å². The highest BCUT2D eigenvalue weighted by Crippen LogP contribution is 2.25. The Kier molecular flexibility index (Phi) is 5.39. The third-order valence-electron chi connectivity index (χ3n) is 4.83. The normalized spacial score (nSPS) is 10.8. The van der Waals surface area contributed by atoms with Crippen LogP contribution in [0.5, 0.6) is 0 Å². The summed E-state index contributed by atoms with van der Waals surface area (Å²) < 4.78 is 15.9. The van der Waals surface area contributed by atoms with Gasteiger partial charge in [0.25, 0.3) is 5.91 Å². The smallest absolute Gasteiger partial charge is 0.270 e. The zero-order chi connectivity index (χ0) is 21.1. The molecule has 2 aromatic heterocycles. The molecule has 150 valence electrons. The Balaban J connectivity index is 1.75. The average Bonchev–Trinajstić information content (AvgIpc) is 3.18. The van der Waals surface area contributed by atoms with Gasteiger partial charge in [-0.25, -0.2) is 9.07 Å². The number of hydrogen-bond acceptors (Lipinski definition) is 3. The number of pyridine rings is 1. The lowest BCUT2D eigenvalue weighted by atomic mass is 10.1. The lowest BCUT2D eigenvalue weighted by molar-refractivity contribution is 0.0942. The van der Waals surface area contributed by atoms with E-state index in [0.29, 0.717) is 17.0 Å². The summed E-state index contributed by atoms with van der Waals surface area (Å²) in [6.45, 7) is 4.25. The van der Waals surface area contributed by atoms with E-state index in [4.69, 9.17) is 0 Å². The van der Waals surface area contributed by atoms with Crippen molar-refractivity contribution < 1.29 is 9.18 Å². The predicted molar refractivity (Wildman–Crippen MR) is 114 cm³/mol. The second-order valence-corrected chi connectivity index (χ2v) is 7.10. The van der Waals surface area contributed by atoms with E-state index in [1.807, 2.05) is 50.2 Å². The van der Waals surface area contributed by atoms with Crippen molar-refractivity contribution in [1.29, 1.82) is 0 Å². The molecule has 2 aromatic carbocycles. The molecule has 0 aliphatic heterocycles. The fourth-order valence-electron chi connectivity index (χ4n) is 3.33. The van der Waals surface area contributed by atoms with Crippen molar-refractivity contribution in [2.45, 2.75) is 20.4 Å². The molecule has 30 heavy (non-hydrogen) atoms. The Morgan fingerprint density at radius 3 is 2.57 bits per heavy atom. The van der Waals surface area contributed by atoms with Gasteiger partial charge in [-0.2, -0.15) is 5.10 Å². The molecule has 0 unspecified atom stereocenters. The maximum atomic E-state index is 14.4. The van der Waals surface area contributed by atoms with Crippen molar-refractivity contribution in [3.63, 3.8) is 0 Å². The Morgan fingerprint density at radius 1 is 1.03 bits per heavy atom. The topological polar surface area (TPSA) is 59.8 Å². The minimum absolute atomic E-state index is 0.284. The van der Waals surface area contributed by atoms with Crippen molar-refractivity contribution in [3.05, 3.63) is 101 Å². The minimum atomic E-state index is -0.386. The molecule has 0 aliphatic rings. The molecule has 1 N–H and O–H groups in total. The third-order valence-corrected chi connectivity index (χ3v) is 4.83. The van der Waals surface area contributed by atoms with Crippen LogP contribution >= 0.6 is 0 Å². The van der Waals surface area contributed by atoms with Crippen LogP contribution in [0.2, 0.25) is 0 Å². The molecule has 0 spiro atoms. The summed E-state index contributed by atoms with van der Waals surface area (Å²) in [6.07, 6.45) is 1.68. The molecule has 4 aromatic rings. The first kappa shape index (κ1) is 19.5. The molecule has 0 fully saturated rings. The number of carbonyl (C=O) groups excluding carboxylic acids is 1. The number of nitrogens with zero attached hydrogens (tertiary/aromatic N) is 3. The van der Waals surface area contributed by atoms with Crippen molar-refractivity contribution >= 4 is 5.91 Å². The van der Waals surface area contributed by atoms with E-state index in [0.717, 1.165) is 22.5 Å². The average molecular weight is 400 g/mol. The quantitative estimate of drug-likeness (QED) is 0.532. The van der Waals surface area contributed by atoms with E-state index in [9.17, 15) is 9.18 Å². The molecule has 0 bridgehead atoms. The molecule has 5 nitrogen and oxygen atoms in total. The summed E-state index contributed by atoms with van der Waals surface area (Å²) in [7, 11) is 0. The lowest BCUT2D eigenvalue weighted by Gasteiger charge is -2.11. The molecular formula is C24H21FN4O. The number of halogens is 1. The van der Waals surface area contributed by atoms with E-state index in [-0.39, 0.29) is 18.3 Å². The molecule has 0 aliphatic carbocycles. The second kappa shape index (κ2) is 8.29. The molecular weight excluding hydrogens is 379 g/mol. The second-order valence-electron chi connectivity index (χ2n) is 7.10. The molecule has 0 saturated carbocycles. The van der Waals surface area contributed by atoms with Gasteiger partial charge in [0.2, 0.25) is 0 Å². The first-order chi connectivity index (χ1) is 14.5. The van der Waals surface area contributed by atoms with E-state index >= 15 is 0 Å². The molecule has 2 heterocycles. The Labute approximate surface area is 174 Å². The van der Waals surface area contributed by atoms with E-state index in [2.05, 4.69) is 15.4 Å². The number of hydrogen-bond donors (Lipinski definition) is 1. The fourth-order valence-corrected chi connectivity index (χ4v) is 3.33. The number of aryl methyl sites for hydroxylation is 2. The summed E-state index contributed by atoms with van der Waals surface area (Å²) in [5.41, 5.74) is 4.67. The maximum Gasteiger partial charge on any atom is 0.270 e. The molecule has 1 amide bonds. The highest BCUT2D eigenvalue weighted by atomic mass is 19.1. The van der Waals surface area contributed by atoms with Gasteiger partial charge in [0.05, 0.1) is 23.6 Å². The summed E-state index contributed by atoms with van der Waals surface area (Å²) >= 11 is 0. The number of carbonyl (C=O) groups is 1. The SMILES string of the molecule is Cc1ccc(-n2nc(-c3ccccc3F)cc2C(=O)NCc2ccccn2)c(C)c1. The monoisotopic (exact) mass is 400 g/mol. The van der Waals surface area contributed by atoms with Gasteiger partial charge in [-0.1, -0.05) is 35.9 Å². The first-order valence-electron chi connectivity index (χ1n) is 9.63. The predicted octanol–water partition coefficient (Wildman–Crippen LogP) is 4.62. The molecule has 0 radical (unpaired) electrons. The van der Waals surface area contributed by atoms with Gasteiger partial charge in [0, 0.05) is 11.8 Å². The van der Waals surface area contributed by atoms with E-state index in [1.165, 1.54) is 6.07 Å². The first-order valence-corrected chi connectivity index (χ1v) is 9.63. The van der Waals surface area contributed by atoms with Crippen molar-refractivity contribution in [2.75, 3.05) is 0 Å². The number of rotatable bonds is 5. The number of amides is 1. The Morgan fingerprint density at radius 2 is 1.83 bits per heavy atom. The van der Waals surface area contributed by atoms with Gasteiger partial charge in [0.15, 0.2) is 0 Å². The van der Waals surface area contributed by atoms with E-state index in [1.54, 1.807) is 35.1 Å². The highest BCUT2D eigenvalue weighted by molar-refractivity contribution is 5.94. The summed E-state index contributed by atoms with van der Waals surface area (Å²) in [6, 6.07) is 19.4. The van der Waals surface area contributed by atoms with Crippen molar-refractivity contribution in [1.82, 2.24) is 20.1 Å². The van der Waals surface area contributed by atoms with Crippen LogP contribution < -0.4 is 5.32 Å². The number of aromatic nitrogens is 3. The summed E-state index contributed by atoms with van der Waals surface area (Å²) in [5.74, 6) is -0.695. The Bertz CT molecular complexity index is 1200. The molecule has 4 rings (SSSR count). The van der Waals surface area contributed by atoms with Gasteiger partial charge in [-0.15, -0.1) is 0 Å². The van der Waals surface area contributed by atoms with Crippen LogP contribution in [0.25, 0.3) is 16.9 Å². The van der Waals surface area contributed by atoms with Crippen LogP contribution in [0.15, 0.2) is 72.9 Å². The van der Waals surface area contributed by atoms with Gasteiger partial charge in [0.1, 0.15) is 11.5 Å². The van der Waals surface area contributed by atoms with Gasteiger partial charge >= 0.3 is 0 Å². The molecule has 0 atom stereocenters. The van der Waals surface area contributed by atoms with Crippen molar-refractivity contribution in [2.24, 2.45) is 0 Å². The zero-order valence-electron chi connectivity index (χ0n) is 16.8. The van der Waals surface area contributed by atoms with Crippen LogP contribution in [0, 0.1) is 19.7 Å². The third kappa shape index (κ3) is 3.98. The Hall–Kier alpha value is -3.80. The summed E-state index contributed by atoms with van der Waals surface area (Å²) in [4.78, 5) is 17.3.